The number of aliphatic carboxylic acids is 1. The Bertz CT molecular complexity index is 753. The zero-order chi connectivity index (χ0) is 17.4. The average Bonchev–Trinajstić information content (AvgIpc) is 3.21. The fourth-order valence-corrected chi connectivity index (χ4v) is 4.42. The molecule has 2 heterocycles. The van der Waals surface area contributed by atoms with Crippen molar-refractivity contribution in [1.82, 2.24) is 9.88 Å². The molecule has 0 unspecified atom stereocenters. The number of rotatable bonds is 4. The lowest BCUT2D eigenvalue weighted by atomic mass is 9.85. The quantitative estimate of drug-likeness (QED) is 0.915. The Balaban J connectivity index is 1.54. The molecule has 0 spiro atoms. The zero-order valence-electron chi connectivity index (χ0n) is 14.5. The largest absolute Gasteiger partial charge is 0.480 e. The van der Waals surface area contributed by atoms with Crippen LogP contribution in [0, 0.1) is 12.8 Å². The van der Waals surface area contributed by atoms with E-state index in [9.17, 15) is 9.90 Å². The van der Waals surface area contributed by atoms with Gasteiger partial charge in [-0.1, -0.05) is 30.5 Å². The van der Waals surface area contributed by atoms with Crippen molar-refractivity contribution in [1.29, 1.82) is 0 Å². The normalized spacial score (nSPS) is 26.5. The van der Waals surface area contributed by atoms with E-state index < -0.39 is 12.0 Å². The van der Waals surface area contributed by atoms with Gasteiger partial charge in [0.05, 0.1) is 5.69 Å². The first kappa shape index (κ1) is 16.3. The van der Waals surface area contributed by atoms with Gasteiger partial charge in [-0.15, -0.1) is 0 Å². The summed E-state index contributed by atoms with van der Waals surface area (Å²) in [6.07, 6.45) is 7.10. The minimum Gasteiger partial charge on any atom is -0.480 e. The summed E-state index contributed by atoms with van der Waals surface area (Å²) in [6.45, 7) is 2.60. The van der Waals surface area contributed by atoms with Gasteiger partial charge in [-0.05, 0) is 44.2 Å². The predicted octanol–water partition coefficient (Wildman–Crippen LogP) is 3.87. The number of hydrogen-bond acceptors (Lipinski definition) is 4. The standard InChI is InChI=1S/C20H24N2O3/c1-13-6-8-14(9-7-13)19-21-16(12-25-19)11-22-17-5-3-2-4-15(17)10-18(22)20(23)24/h6-9,12,15,17-18H,2-5,10-11H2,1H3,(H,23,24)/t15-,17+,18+/m1/s1. The number of likely N-dealkylation sites (tertiary alicyclic amines) is 1. The number of carboxylic acid groups (broad SMARTS) is 1. The molecule has 0 amide bonds. The fourth-order valence-electron chi connectivity index (χ4n) is 4.42. The average molecular weight is 340 g/mol. The minimum atomic E-state index is -0.711. The molecule has 2 fully saturated rings. The van der Waals surface area contributed by atoms with Crippen LogP contribution in [0.1, 0.15) is 43.4 Å². The molecule has 2 aromatic rings. The van der Waals surface area contributed by atoms with Crippen LogP contribution in [0.4, 0.5) is 0 Å². The molecule has 4 rings (SSSR count). The topological polar surface area (TPSA) is 66.6 Å². The second-order valence-electron chi connectivity index (χ2n) is 7.38. The Hall–Kier alpha value is -2.14. The van der Waals surface area contributed by atoms with Gasteiger partial charge in [-0.3, -0.25) is 9.69 Å². The van der Waals surface area contributed by atoms with Gasteiger partial charge in [0.25, 0.3) is 0 Å². The Labute approximate surface area is 147 Å². The molecule has 3 atom stereocenters. The lowest BCUT2D eigenvalue weighted by Gasteiger charge is -2.32. The second kappa shape index (κ2) is 6.64. The van der Waals surface area contributed by atoms with E-state index in [4.69, 9.17) is 4.42 Å². The molecule has 0 radical (unpaired) electrons. The van der Waals surface area contributed by atoms with E-state index >= 15 is 0 Å². The van der Waals surface area contributed by atoms with Crippen LogP contribution in [-0.4, -0.2) is 33.0 Å². The highest BCUT2D eigenvalue weighted by molar-refractivity contribution is 5.74. The van der Waals surface area contributed by atoms with E-state index in [1.54, 1.807) is 6.26 Å². The van der Waals surface area contributed by atoms with Crippen molar-refractivity contribution in [3.8, 4) is 11.5 Å². The van der Waals surface area contributed by atoms with Crippen LogP contribution in [0.3, 0.4) is 0 Å². The first-order chi connectivity index (χ1) is 12.1. The van der Waals surface area contributed by atoms with E-state index in [0.717, 1.165) is 30.5 Å². The number of nitrogens with zero attached hydrogens (tertiary/aromatic N) is 2. The molecule has 5 nitrogen and oxygen atoms in total. The highest BCUT2D eigenvalue weighted by Gasteiger charge is 2.45. The van der Waals surface area contributed by atoms with Crippen LogP contribution in [0.25, 0.3) is 11.5 Å². The van der Waals surface area contributed by atoms with Gasteiger partial charge in [0.2, 0.25) is 5.89 Å². The van der Waals surface area contributed by atoms with E-state index in [0.29, 0.717) is 24.4 Å². The van der Waals surface area contributed by atoms with Crippen LogP contribution in [0.5, 0.6) is 0 Å². The van der Waals surface area contributed by atoms with Gasteiger partial charge in [-0.2, -0.15) is 0 Å². The molecular formula is C20H24N2O3. The molecule has 2 aliphatic rings. The smallest absolute Gasteiger partial charge is 0.320 e. The number of aryl methyl sites for hydroxylation is 1. The number of benzene rings is 1. The molecule has 25 heavy (non-hydrogen) atoms. The van der Waals surface area contributed by atoms with Crippen molar-refractivity contribution in [2.24, 2.45) is 5.92 Å². The summed E-state index contributed by atoms with van der Waals surface area (Å²) >= 11 is 0. The number of hydrogen-bond donors (Lipinski definition) is 1. The Morgan fingerprint density at radius 1 is 1.28 bits per heavy atom. The van der Waals surface area contributed by atoms with Crippen LogP contribution in [0.2, 0.25) is 0 Å². The molecule has 1 aliphatic heterocycles. The highest BCUT2D eigenvalue weighted by atomic mass is 16.4. The van der Waals surface area contributed by atoms with Crippen molar-refractivity contribution in [2.45, 2.75) is 57.7 Å². The maximum atomic E-state index is 11.7. The number of aromatic nitrogens is 1. The highest BCUT2D eigenvalue weighted by Crippen LogP contribution is 2.40. The number of carbonyl (C=O) groups is 1. The molecule has 0 bridgehead atoms. The number of fused-ring (bicyclic) bond motifs is 1. The molecule has 5 heteroatoms. The third kappa shape index (κ3) is 3.21. The predicted molar refractivity (Wildman–Crippen MR) is 94.0 cm³/mol. The zero-order valence-corrected chi connectivity index (χ0v) is 14.5. The van der Waals surface area contributed by atoms with Crippen molar-refractivity contribution >= 4 is 5.97 Å². The lowest BCUT2D eigenvalue weighted by Crippen LogP contribution is -2.41. The van der Waals surface area contributed by atoms with Crippen LogP contribution in [0.15, 0.2) is 34.9 Å². The first-order valence-electron chi connectivity index (χ1n) is 9.12. The molecule has 1 aromatic heterocycles. The Morgan fingerprint density at radius 2 is 2.04 bits per heavy atom. The molecule has 1 aliphatic carbocycles. The van der Waals surface area contributed by atoms with Crippen molar-refractivity contribution in [2.75, 3.05) is 0 Å². The fraction of sp³-hybridized carbons (Fsp3) is 0.500. The number of carboxylic acids is 1. The summed E-state index contributed by atoms with van der Waals surface area (Å²) in [5, 5.41) is 9.63. The first-order valence-corrected chi connectivity index (χ1v) is 9.12. The van der Waals surface area contributed by atoms with Gasteiger partial charge < -0.3 is 9.52 Å². The molecule has 1 N–H and O–H groups in total. The molecule has 1 saturated carbocycles. The van der Waals surface area contributed by atoms with E-state index in [2.05, 4.69) is 9.88 Å². The second-order valence-corrected chi connectivity index (χ2v) is 7.38. The van der Waals surface area contributed by atoms with Gasteiger partial charge in [0, 0.05) is 18.2 Å². The van der Waals surface area contributed by atoms with Crippen molar-refractivity contribution < 1.29 is 14.3 Å². The van der Waals surface area contributed by atoms with Crippen molar-refractivity contribution in [3.05, 3.63) is 41.8 Å². The SMILES string of the molecule is Cc1ccc(-c2nc(CN3[C@H](C(=O)O)C[C@H]4CCCC[C@@H]43)co2)cc1. The summed E-state index contributed by atoms with van der Waals surface area (Å²) in [5.74, 6) is 0.399. The monoisotopic (exact) mass is 340 g/mol. The van der Waals surface area contributed by atoms with E-state index in [1.807, 2.05) is 31.2 Å². The van der Waals surface area contributed by atoms with Gasteiger partial charge >= 0.3 is 5.97 Å². The van der Waals surface area contributed by atoms with Gasteiger partial charge in [0.15, 0.2) is 0 Å². The van der Waals surface area contributed by atoms with Crippen LogP contribution in [-0.2, 0) is 11.3 Å². The minimum absolute atomic E-state index is 0.370. The summed E-state index contributed by atoms with van der Waals surface area (Å²) in [4.78, 5) is 18.5. The maximum absolute atomic E-state index is 11.7. The molecule has 1 saturated heterocycles. The summed E-state index contributed by atoms with van der Waals surface area (Å²) in [7, 11) is 0. The van der Waals surface area contributed by atoms with Crippen LogP contribution >= 0.6 is 0 Å². The Kier molecular flexibility index (Phi) is 4.34. The summed E-state index contributed by atoms with van der Waals surface area (Å²) in [5.41, 5.74) is 2.96. The molecule has 132 valence electrons. The lowest BCUT2D eigenvalue weighted by molar-refractivity contribution is -0.142. The Morgan fingerprint density at radius 3 is 2.80 bits per heavy atom. The van der Waals surface area contributed by atoms with E-state index in [1.165, 1.54) is 18.4 Å². The molecular weight excluding hydrogens is 316 g/mol. The third-order valence-electron chi connectivity index (χ3n) is 5.70. The maximum Gasteiger partial charge on any atom is 0.320 e. The third-order valence-corrected chi connectivity index (χ3v) is 5.70. The van der Waals surface area contributed by atoms with Gasteiger partial charge in [-0.25, -0.2) is 4.98 Å². The van der Waals surface area contributed by atoms with E-state index in [-0.39, 0.29) is 0 Å². The van der Waals surface area contributed by atoms with Crippen molar-refractivity contribution in [3.63, 3.8) is 0 Å². The van der Waals surface area contributed by atoms with Gasteiger partial charge in [0.1, 0.15) is 12.3 Å². The van der Waals surface area contributed by atoms with Crippen LogP contribution < -0.4 is 0 Å². The summed E-state index contributed by atoms with van der Waals surface area (Å²) < 4.78 is 5.65. The molecule has 1 aromatic carbocycles. The summed E-state index contributed by atoms with van der Waals surface area (Å²) in [6, 6.07) is 8.04. The number of oxazole rings is 1.